The van der Waals surface area contributed by atoms with E-state index in [2.05, 4.69) is 5.32 Å². The molecule has 3 aromatic carbocycles. The van der Waals surface area contributed by atoms with Crippen LogP contribution in [0.3, 0.4) is 0 Å². The zero-order chi connectivity index (χ0) is 32.3. The fourth-order valence-electron chi connectivity index (χ4n) is 4.61. The molecule has 0 heterocycles. The van der Waals surface area contributed by atoms with E-state index in [0.29, 0.717) is 27.9 Å². The number of hydrogen-bond donors (Lipinski definition) is 1. The van der Waals surface area contributed by atoms with Crippen LogP contribution in [0.1, 0.15) is 45.6 Å². The molecule has 0 aliphatic rings. The molecule has 44 heavy (non-hydrogen) atoms. The van der Waals surface area contributed by atoms with E-state index >= 15 is 0 Å². The molecule has 0 spiro atoms. The Kier molecular flexibility index (Phi) is 13.7. The van der Waals surface area contributed by atoms with Gasteiger partial charge in [-0.2, -0.15) is 0 Å². The topological polar surface area (TPSA) is 96.0 Å². The lowest BCUT2D eigenvalue weighted by Gasteiger charge is -2.34. The molecule has 3 rings (SSSR count). The molecule has 3 aromatic rings. The van der Waals surface area contributed by atoms with Crippen molar-refractivity contribution in [2.24, 2.45) is 0 Å². The van der Waals surface area contributed by atoms with Crippen molar-refractivity contribution in [3.05, 3.63) is 82.3 Å². The number of carbonyl (C=O) groups is 2. The van der Waals surface area contributed by atoms with Crippen molar-refractivity contribution in [2.45, 2.75) is 62.4 Å². The number of nitrogens with zero attached hydrogens (tertiary/aromatic N) is 2. The second-order valence-corrected chi connectivity index (χ2v) is 13.4. The summed E-state index contributed by atoms with van der Waals surface area (Å²) in [7, 11) is -4.26. The largest absolute Gasteiger partial charge is 0.492 e. The van der Waals surface area contributed by atoms with Crippen LogP contribution in [0.2, 0.25) is 10.0 Å². The van der Waals surface area contributed by atoms with Gasteiger partial charge in [0.2, 0.25) is 11.8 Å². The molecule has 0 unspecified atom stereocenters. The Morgan fingerprint density at radius 1 is 0.955 bits per heavy atom. The molecule has 0 saturated heterocycles. The molecule has 1 N–H and O–H groups in total. The van der Waals surface area contributed by atoms with Gasteiger partial charge in [-0.05, 0) is 74.6 Å². The van der Waals surface area contributed by atoms with E-state index in [4.69, 9.17) is 27.9 Å². The van der Waals surface area contributed by atoms with E-state index in [9.17, 15) is 18.0 Å². The fourth-order valence-corrected chi connectivity index (χ4v) is 6.96. The zero-order valence-electron chi connectivity index (χ0n) is 25.4. The highest BCUT2D eigenvalue weighted by atomic mass is 35.5. The lowest BCUT2D eigenvalue weighted by atomic mass is 10.1. The number of thioether (sulfide) groups is 1. The highest BCUT2D eigenvalue weighted by Gasteiger charge is 2.35. The number of amides is 2. The number of rotatable bonds is 16. The minimum atomic E-state index is -4.26. The predicted octanol–water partition coefficient (Wildman–Crippen LogP) is 7.03. The summed E-state index contributed by atoms with van der Waals surface area (Å²) in [5.74, 6) is -0.638. The van der Waals surface area contributed by atoms with Crippen LogP contribution in [0.25, 0.3) is 0 Å². The zero-order valence-corrected chi connectivity index (χ0v) is 28.5. The average molecular weight is 681 g/mol. The lowest BCUT2D eigenvalue weighted by Crippen LogP contribution is -2.52. The van der Waals surface area contributed by atoms with Gasteiger partial charge < -0.3 is 15.0 Å². The first-order valence-electron chi connectivity index (χ1n) is 14.5. The van der Waals surface area contributed by atoms with E-state index in [-0.39, 0.29) is 36.1 Å². The predicted molar refractivity (Wildman–Crippen MR) is 179 cm³/mol. The Morgan fingerprint density at radius 3 is 2.20 bits per heavy atom. The third-order valence-corrected chi connectivity index (χ3v) is 10.2. The number of para-hydroxylation sites is 2. The summed E-state index contributed by atoms with van der Waals surface area (Å²) in [5, 5.41) is 3.57. The molecule has 0 saturated carbocycles. The summed E-state index contributed by atoms with van der Waals surface area (Å²) in [6.45, 7) is 5.65. The normalized spacial score (nSPS) is 12.0. The third kappa shape index (κ3) is 8.84. The Morgan fingerprint density at radius 2 is 1.61 bits per heavy atom. The van der Waals surface area contributed by atoms with Crippen LogP contribution in [0.4, 0.5) is 5.69 Å². The van der Waals surface area contributed by atoms with Crippen molar-refractivity contribution in [3.8, 4) is 5.75 Å². The molecule has 0 aromatic heterocycles. The lowest BCUT2D eigenvalue weighted by molar-refractivity contribution is -0.140. The van der Waals surface area contributed by atoms with Gasteiger partial charge in [0.15, 0.2) is 0 Å². The van der Waals surface area contributed by atoms with Gasteiger partial charge in [-0.3, -0.25) is 13.9 Å². The third-order valence-electron chi connectivity index (χ3n) is 6.97. The Balaban J connectivity index is 2.13. The number of sulfonamides is 1. The smallest absolute Gasteiger partial charge is 0.264 e. The molecule has 0 bridgehead atoms. The molecular formula is C32H39Cl2N3O5S2. The molecule has 8 nitrogen and oxygen atoms in total. The van der Waals surface area contributed by atoms with Gasteiger partial charge in [-0.15, -0.1) is 11.8 Å². The maximum Gasteiger partial charge on any atom is 0.264 e. The van der Waals surface area contributed by atoms with Crippen LogP contribution in [-0.4, -0.2) is 57.1 Å². The van der Waals surface area contributed by atoms with Crippen LogP contribution < -0.4 is 14.4 Å². The number of unbranched alkanes of at least 4 members (excludes halogenated alkanes) is 1. The number of carbonyl (C=O) groups excluding carboxylic acids is 2. The van der Waals surface area contributed by atoms with E-state index in [1.807, 2.05) is 13.2 Å². The van der Waals surface area contributed by atoms with Crippen molar-refractivity contribution in [1.29, 1.82) is 0 Å². The van der Waals surface area contributed by atoms with Gasteiger partial charge in [0.05, 0.1) is 17.2 Å². The first kappa shape index (κ1) is 35.6. The number of nitrogens with one attached hydrogen (secondary N) is 1. The number of halogens is 2. The monoisotopic (exact) mass is 679 g/mol. The molecule has 2 amide bonds. The number of benzene rings is 3. The maximum atomic E-state index is 14.3. The molecule has 12 heteroatoms. The van der Waals surface area contributed by atoms with Crippen molar-refractivity contribution in [3.63, 3.8) is 0 Å². The summed E-state index contributed by atoms with van der Waals surface area (Å²) in [6.07, 6.45) is 3.85. The molecular weight excluding hydrogens is 641 g/mol. The van der Waals surface area contributed by atoms with E-state index < -0.39 is 28.5 Å². The van der Waals surface area contributed by atoms with E-state index in [0.717, 1.165) is 22.0 Å². The SMILES string of the molecule is CCCCNC(=O)[C@H](CC)N(Cc1c(Cl)cccc1Cl)C(=O)CN(c1ccccc1OCC)S(=O)(=O)c1ccc(SC)cc1. The van der Waals surface area contributed by atoms with Crippen molar-refractivity contribution in [1.82, 2.24) is 10.2 Å². The maximum absolute atomic E-state index is 14.3. The van der Waals surface area contributed by atoms with Crippen LogP contribution in [-0.2, 0) is 26.2 Å². The molecule has 0 radical (unpaired) electrons. The number of anilines is 1. The van der Waals surface area contributed by atoms with Crippen molar-refractivity contribution in [2.75, 3.05) is 30.3 Å². The Hall–Kier alpha value is -2.92. The minimum absolute atomic E-state index is 0.0134. The quantitative estimate of drug-likeness (QED) is 0.129. The van der Waals surface area contributed by atoms with Gasteiger partial charge in [0, 0.05) is 33.6 Å². The molecule has 0 fully saturated rings. The highest BCUT2D eigenvalue weighted by Crippen LogP contribution is 2.34. The molecule has 0 aliphatic heterocycles. The van der Waals surface area contributed by atoms with Crippen LogP contribution in [0.15, 0.2) is 76.5 Å². The van der Waals surface area contributed by atoms with Crippen molar-refractivity contribution >= 4 is 62.5 Å². The van der Waals surface area contributed by atoms with Crippen molar-refractivity contribution < 1.29 is 22.7 Å². The second-order valence-electron chi connectivity index (χ2n) is 9.88. The standard InChI is InChI=1S/C32H39Cl2N3O5S2/c1-5-8-20-35-32(39)28(6-2)36(21-25-26(33)12-11-13-27(25)34)31(38)22-37(29-14-9-10-15-30(29)42-7-3)44(40,41)24-18-16-23(43-4)17-19-24/h9-19,28H,5-8,20-22H2,1-4H3,(H,35,39)/t28-/m0/s1. The molecule has 238 valence electrons. The van der Waals surface area contributed by atoms with E-state index in [1.54, 1.807) is 68.4 Å². The number of hydrogen-bond acceptors (Lipinski definition) is 6. The summed E-state index contributed by atoms with van der Waals surface area (Å²) < 4.78 is 35.3. The Bertz CT molecular complexity index is 1500. The fraction of sp³-hybridized carbons (Fsp3) is 0.375. The van der Waals surface area contributed by atoms with Crippen LogP contribution in [0.5, 0.6) is 5.75 Å². The first-order chi connectivity index (χ1) is 21.1. The summed E-state index contributed by atoms with van der Waals surface area (Å²) >= 11 is 14.5. The van der Waals surface area contributed by atoms with Crippen LogP contribution in [0, 0.1) is 0 Å². The Labute approximate surface area is 275 Å². The van der Waals surface area contributed by atoms with Gasteiger partial charge in [0.25, 0.3) is 10.0 Å². The number of ether oxygens (including phenoxy) is 1. The molecule has 0 aliphatic carbocycles. The van der Waals surface area contributed by atoms with Gasteiger partial charge in [0.1, 0.15) is 18.3 Å². The van der Waals surface area contributed by atoms with Gasteiger partial charge >= 0.3 is 0 Å². The minimum Gasteiger partial charge on any atom is -0.492 e. The van der Waals surface area contributed by atoms with Crippen LogP contribution >= 0.6 is 35.0 Å². The average Bonchev–Trinajstić information content (AvgIpc) is 3.01. The summed E-state index contributed by atoms with van der Waals surface area (Å²) in [6, 6.07) is 17.2. The summed E-state index contributed by atoms with van der Waals surface area (Å²) in [5.41, 5.74) is 0.661. The van der Waals surface area contributed by atoms with Gasteiger partial charge in [-0.1, -0.05) is 61.7 Å². The second kappa shape index (κ2) is 17.0. The van der Waals surface area contributed by atoms with Gasteiger partial charge in [-0.25, -0.2) is 8.42 Å². The first-order valence-corrected chi connectivity index (χ1v) is 17.9. The summed E-state index contributed by atoms with van der Waals surface area (Å²) in [4.78, 5) is 30.0. The molecule has 1 atom stereocenters. The highest BCUT2D eigenvalue weighted by molar-refractivity contribution is 7.98. The van der Waals surface area contributed by atoms with E-state index in [1.165, 1.54) is 28.8 Å².